The Morgan fingerprint density at radius 1 is 1.34 bits per heavy atom. The topological polar surface area (TPSA) is 80.8 Å². The molecule has 1 fully saturated rings. The van der Waals surface area contributed by atoms with Crippen LogP contribution >= 0.6 is 11.3 Å². The number of hydrogen-bond donors (Lipinski definition) is 1. The Kier molecular flexibility index (Phi) is 7.00. The first-order valence-corrected chi connectivity index (χ1v) is 10.6. The first kappa shape index (κ1) is 21.4. The number of Topliss-reactive ketones (excluding diaryl/α,β-unsaturated/α-hetero) is 1. The van der Waals surface area contributed by atoms with E-state index in [1.807, 2.05) is 5.38 Å². The number of ether oxygens (including phenoxy) is 2. The van der Waals surface area contributed by atoms with Crippen LogP contribution in [0.4, 0.5) is 5.13 Å². The van der Waals surface area contributed by atoms with Crippen LogP contribution in [0.25, 0.3) is 0 Å². The fraction of sp³-hybridized carbons (Fsp3) is 0.476. The molecule has 1 aromatic carbocycles. The van der Waals surface area contributed by atoms with Crippen LogP contribution in [0.5, 0.6) is 5.75 Å². The maximum absolute atomic E-state index is 12.5. The molecule has 0 radical (unpaired) electrons. The summed E-state index contributed by atoms with van der Waals surface area (Å²) in [6.45, 7) is 9.77. The first-order chi connectivity index (χ1) is 13.8. The molecule has 1 aromatic heterocycles. The predicted molar refractivity (Wildman–Crippen MR) is 113 cm³/mol. The van der Waals surface area contributed by atoms with E-state index in [1.165, 1.54) is 18.3 Å². The second kappa shape index (κ2) is 9.47. The quantitative estimate of drug-likeness (QED) is 0.696. The molecule has 8 heteroatoms. The molecule has 1 aliphatic rings. The maximum atomic E-state index is 12.5. The minimum Gasteiger partial charge on any atom is -0.481 e. The van der Waals surface area contributed by atoms with Gasteiger partial charge < -0.3 is 9.47 Å². The molecule has 1 amide bonds. The van der Waals surface area contributed by atoms with E-state index in [4.69, 9.17) is 9.47 Å². The third-order valence-corrected chi connectivity index (χ3v) is 5.39. The summed E-state index contributed by atoms with van der Waals surface area (Å²) < 4.78 is 11.4. The van der Waals surface area contributed by atoms with Crippen molar-refractivity contribution in [1.82, 2.24) is 9.88 Å². The van der Waals surface area contributed by atoms with Crippen molar-refractivity contribution in [2.75, 3.05) is 18.4 Å². The van der Waals surface area contributed by atoms with Crippen molar-refractivity contribution in [3.8, 4) is 5.75 Å². The number of thiazole rings is 1. The lowest BCUT2D eigenvalue weighted by atomic mass is 10.1. The molecule has 29 heavy (non-hydrogen) atoms. The van der Waals surface area contributed by atoms with Gasteiger partial charge in [-0.2, -0.15) is 0 Å². The van der Waals surface area contributed by atoms with Crippen LogP contribution in [0, 0.1) is 0 Å². The second-order valence-electron chi connectivity index (χ2n) is 7.43. The van der Waals surface area contributed by atoms with E-state index in [-0.39, 0.29) is 23.9 Å². The molecule has 1 aliphatic heterocycles. The van der Waals surface area contributed by atoms with Gasteiger partial charge in [0.2, 0.25) is 0 Å². The average Bonchev–Trinajstić information content (AvgIpc) is 3.07. The van der Waals surface area contributed by atoms with Gasteiger partial charge in [0.1, 0.15) is 5.75 Å². The van der Waals surface area contributed by atoms with E-state index in [1.54, 1.807) is 31.2 Å². The summed E-state index contributed by atoms with van der Waals surface area (Å²) in [6.07, 6.45) is -0.308. The zero-order valence-electron chi connectivity index (χ0n) is 17.2. The smallest absolute Gasteiger partial charge is 0.266 e. The molecule has 3 atom stereocenters. The van der Waals surface area contributed by atoms with Crippen molar-refractivity contribution in [3.63, 3.8) is 0 Å². The number of aromatic nitrogens is 1. The highest BCUT2D eigenvalue weighted by Crippen LogP contribution is 2.20. The molecule has 0 aliphatic carbocycles. The van der Waals surface area contributed by atoms with Crippen molar-refractivity contribution in [2.45, 2.75) is 52.6 Å². The standard InChI is InChI=1S/C21H27N3O4S/c1-13-9-24(10-14(2)27-13)11-18-12-29-21(22-18)23-20(26)16(4)28-19-7-5-6-17(8-19)15(3)25/h5-8,12-14,16H,9-11H2,1-4H3,(H,22,23,26). The van der Waals surface area contributed by atoms with Crippen LogP contribution < -0.4 is 10.1 Å². The number of amides is 1. The van der Waals surface area contributed by atoms with E-state index in [0.717, 1.165) is 25.3 Å². The van der Waals surface area contributed by atoms with E-state index >= 15 is 0 Å². The molecule has 156 valence electrons. The van der Waals surface area contributed by atoms with Crippen LogP contribution in [0.15, 0.2) is 29.6 Å². The SMILES string of the molecule is CC(=O)c1cccc(OC(C)C(=O)Nc2nc(CN3CC(C)OC(C)C3)cs2)c1. The Morgan fingerprint density at radius 2 is 2.07 bits per heavy atom. The van der Waals surface area contributed by atoms with Crippen LogP contribution in [-0.4, -0.2) is 53.0 Å². The summed E-state index contributed by atoms with van der Waals surface area (Å²) in [5, 5.41) is 5.32. The molecular formula is C21H27N3O4S. The van der Waals surface area contributed by atoms with E-state index in [2.05, 4.69) is 29.0 Å². The van der Waals surface area contributed by atoms with Gasteiger partial charge in [-0.1, -0.05) is 12.1 Å². The van der Waals surface area contributed by atoms with E-state index in [9.17, 15) is 9.59 Å². The number of carbonyl (C=O) groups excluding carboxylic acids is 2. The molecular weight excluding hydrogens is 390 g/mol. The van der Waals surface area contributed by atoms with Gasteiger partial charge in [-0.3, -0.25) is 19.8 Å². The third kappa shape index (κ3) is 6.09. The highest BCUT2D eigenvalue weighted by atomic mass is 32.1. The molecule has 2 aromatic rings. The number of ketones is 1. The minimum atomic E-state index is -0.717. The number of morpholine rings is 1. The maximum Gasteiger partial charge on any atom is 0.266 e. The lowest BCUT2D eigenvalue weighted by Gasteiger charge is -2.34. The fourth-order valence-corrected chi connectivity index (χ4v) is 4.04. The van der Waals surface area contributed by atoms with Gasteiger partial charge in [-0.25, -0.2) is 4.98 Å². The lowest BCUT2D eigenvalue weighted by molar-refractivity contribution is -0.122. The number of carbonyl (C=O) groups is 2. The molecule has 7 nitrogen and oxygen atoms in total. The average molecular weight is 418 g/mol. The molecule has 3 rings (SSSR count). The Morgan fingerprint density at radius 3 is 2.76 bits per heavy atom. The Hall–Kier alpha value is -2.29. The Balaban J connectivity index is 1.54. The van der Waals surface area contributed by atoms with Gasteiger partial charge in [0.05, 0.1) is 17.9 Å². The number of hydrogen-bond acceptors (Lipinski definition) is 7. The summed E-state index contributed by atoms with van der Waals surface area (Å²) in [4.78, 5) is 30.8. The highest BCUT2D eigenvalue weighted by Gasteiger charge is 2.23. The lowest BCUT2D eigenvalue weighted by Crippen LogP contribution is -2.44. The summed E-state index contributed by atoms with van der Waals surface area (Å²) in [6, 6.07) is 6.81. The van der Waals surface area contributed by atoms with Crippen LogP contribution in [0.3, 0.4) is 0 Å². The molecule has 0 spiro atoms. The van der Waals surface area contributed by atoms with Crippen molar-refractivity contribution in [2.24, 2.45) is 0 Å². The normalized spacial score (nSPS) is 20.8. The zero-order valence-corrected chi connectivity index (χ0v) is 18.0. The van der Waals surface area contributed by atoms with Crippen molar-refractivity contribution >= 4 is 28.2 Å². The largest absolute Gasteiger partial charge is 0.481 e. The van der Waals surface area contributed by atoms with E-state index in [0.29, 0.717) is 16.4 Å². The van der Waals surface area contributed by atoms with Crippen LogP contribution in [-0.2, 0) is 16.1 Å². The van der Waals surface area contributed by atoms with Crippen LogP contribution in [0.1, 0.15) is 43.7 Å². The molecule has 1 N–H and O–H groups in total. The first-order valence-electron chi connectivity index (χ1n) is 9.71. The molecule has 0 bridgehead atoms. The van der Waals surface area contributed by atoms with Crippen LogP contribution in [0.2, 0.25) is 0 Å². The number of nitrogens with one attached hydrogen (secondary N) is 1. The number of benzene rings is 1. The van der Waals surface area contributed by atoms with Gasteiger partial charge in [0.15, 0.2) is 17.0 Å². The van der Waals surface area contributed by atoms with E-state index < -0.39 is 6.10 Å². The van der Waals surface area contributed by atoms with Gasteiger partial charge in [0, 0.05) is 30.6 Å². The van der Waals surface area contributed by atoms with Crippen molar-refractivity contribution in [1.29, 1.82) is 0 Å². The number of nitrogens with zero attached hydrogens (tertiary/aromatic N) is 2. The monoisotopic (exact) mass is 417 g/mol. The summed E-state index contributed by atoms with van der Waals surface area (Å²) in [7, 11) is 0. The summed E-state index contributed by atoms with van der Waals surface area (Å²) in [5.41, 5.74) is 1.47. The zero-order chi connectivity index (χ0) is 21.0. The molecule has 1 saturated heterocycles. The van der Waals surface area contributed by atoms with Gasteiger partial charge in [-0.05, 0) is 39.8 Å². The summed E-state index contributed by atoms with van der Waals surface area (Å²) >= 11 is 1.40. The highest BCUT2D eigenvalue weighted by molar-refractivity contribution is 7.13. The molecule has 3 unspecified atom stereocenters. The summed E-state index contributed by atoms with van der Waals surface area (Å²) in [5.74, 6) is 0.149. The van der Waals surface area contributed by atoms with Crippen molar-refractivity contribution < 1.29 is 19.1 Å². The van der Waals surface area contributed by atoms with Gasteiger partial charge >= 0.3 is 0 Å². The Bertz CT molecular complexity index is 859. The predicted octanol–water partition coefficient (Wildman–Crippen LogP) is 3.36. The number of anilines is 1. The second-order valence-corrected chi connectivity index (χ2v) is 8.29. The van der Waals surface area contributed by atoms with Gasteiger partial charge in [-0.15, -0.1) is 11.3 Å². The fourth-order valence-electron chi connectivity index (χ4n) is 3.33. The molecule has 2 heterocycles. The Labute approximate surface area is 175 Å². The third-order valence-electron chi connectivity index (χ3n) is 4.59. The number of rotatable bonds is 7. The minimum absolute atomic E-state index is 0.0491. The van der Waals surface area contributed by atoms with Gasteiger partial charge in [0.25, 0.3) is 5.91 Å². The molecule has 0 saturated carbocycles. The van der Waals surface area contributed by atoms with Crippen molar-refractivity contribution in [3.05, 3.63) is 40.9 Å².